The summed E-state index contributed by atoms with van der Waals surface area (Å²) in [6, 6.07) is 5.12. The van der Waals surface area contributed by atoms with Crippen molar-refractivity contribution in [2.75, 3.05) is 5.75 Å². The Morgan fingerprint density at radius 1 is 1.43 bits per heavy atom. The molecule has 0 aliphatic carbocycles. The van der Waals surface area contributed by atoms with Gasteiger partial charge in [-0.05, 0) is 18.1 Å². The Morgan fingerprint density at radius 2 is 2.14 bits per heavy atom. The van der Waals surface area contributed by atoms with Crippen molar-refractivity contribution in [3.8, 4) is 0 Å². The molecule has 0 aliphatic heterocycles. The minimum atomic E-state index is -0.193. The third-order valence-corrected chi connectivity index (χ3v) is 3.38. The van der Waals surface area contributed by atoms with Gasteiger partial charge < -0.3 is 5.73 Å². The van der Waals surface area contributed by atoms with Crippen molar-refractivity contribution in [1.29, 1.82) is 0 Å². The molecule has 0 unspecified atom stereocenters. The minimum Gasteiger partial charge on any atom is -0.326 e. The average molecular weight is 213 g/mol. The molecule has 0 saturated carbocycles. The Balaban J connectivity index is 2.80. The summed E-state index contributed by atoms with van der Waals surface area (Å²) in [5.41, 5.74) is 6.14. The molecule has 0 radical (unpaired) electrons. The first kappa shape index (κ1) is 11.5. The van der Waals surface area contributed by atoms with Gasteiger partial charge in [-0.25, -0.2) is 4.39 Å². The number of halogens is 1. The van der Waals surface area contributed by atoms with Crippen LogP contribution in [0.5, 0.6) is 0 Å². The molecule has 0 amide bonds. The largest absolute Gasteiger partial charge is 0.326 e. The predicted molar refractivity (Wildman–Crippen MR) is 59.9 cm³/mol. The molecule has 0 saturated heterocycles. The second-order valence-corrected chi connectivity index (χ2v) is 4.69. The molecule has 0 aliphatic rings. The van der Waals surface area contributed by atoms with Crippen LogP contribution in [0, 0.1) is 11.7 Å². The Hall–Kier alpha value is -0.540. The minimum absolute atomic E-state index is 0.193. The van der Waals surface area contributed by atoms with Gasteiger partial charge in [0.2, 0.25) is 0 Å². The van der Waals surface area contributed by atoms with Gasteiger partial charge in [0.15, 0.2) is 0 Å². The molecule has 1 aromatic rings. The molecule has 1 aromatic carbocycles. The Labute approximate surface area is 88.9 Å². The second-order valence-electron chi connectivity index (χ2n) is 3.63. The summed E-state index contributed by atoms with van der Waals surface area (Å²) >= 11 is 1.67. The van der Waals surface area contributed by atoms with E-state index in [-0.39, 0.29) is 12.4 Å². The maximum atomic E-state index is 13.3. The average Bonchev–Trinajstić information content (AvgIpc) is 2.14. The van der Waals surface area contributed by atoms with Crippen molar-refractivity contribution >= 4 is 11.8 Å². The van der Waals surface area contributed by atoms with Crippen molar-refractivity contribution in [1.82, 2.24) is 0 Å². The molecule has 78 valence electrons. The Bertz CT molecular complexity index is 299. The molecule has 1 nitrogen and oxygen atoms in total. The van der Waals surface area contributed by atoms with Crippen LogP contribution >= 0.6 is 11.8 Å². The molecule has 0 fully saturated rings. The maximum absolute atomic E-state index is 13.3. The van der Waals surface area contributed by atoms with Crippen molar-refractivity contribution in [3.05, 3.63) is 29.6 Å². The van der Waals surface area contributed by atoms with Crippen molar-refractivity contribution in [2.45, 2.75) is 25.3 Å². The zero-order valence-corrected chi connectivity index (χ0v) is 9.40. The van der Waals surface area contributed by atoms with Gasteiger partial charge in [0, 0.05) is 22.8 Å². The van der Waals surface area contributed by atoms with Crippen LogP contribution in [0.25, 0.3) is 0 Å². The highest BCUT2D eigenvalue weighted by molar-refractivity contribution is 7.99. The maximum Gasteiger partial charge on any atom is 0.128 e. The standard InChI is InChI=1S/C11H16FNS/c1-8(2)7-14-11-5-3-4-10(12)9(11)6-13/h3-5,8H,6-7,13H2,1-2H3. The first-order valence-corrected chi connectivity index (χ1v) is 5.74. The molecular formula is C11H16FNS. The smallest absolute Gasteiger partial charge is 0.128 e. The van der Waals surface area contributed by atoms with Crippen LogP contribution in [0.1, 0.15) is 19.4 Å². The van der Waals surface area contributed by atoms with E-state index in [1.807, 2.05) is 6.07 Å². The van der Waals surface area contributed by atoms with E-state index < -0.39 is 0 Å². The molecular weight excluding hydrogens is 197 g/mol. The number of rotatable bonds is 4. The van der Waals surface area contributed by atoms with Crippen molar-refractivity contribution < 1.29 is 4.39 Å². The molecule has 14 heavy (non-hydrogen) atoms. The SMILES string of the molecule is CC(C)CSc1cccc(F)c1CN. The summed E-state index contributed by atoms with van der Waals surface area (Å²) in [7, 11) is 0. The summed E-state index contributed by atoms with van der Waals surface area (Å²) in [6.45, 7) is 4.57. The third-order valence-electron chi connectivity index (χ3n) is 1.85. The monoisotopic (exact) mass is 213 g/mol. The highest BCUT2D eigenvalue weighted by Gasteiger charge is 2.07. The number of hydrogen-bond donors (Lipinski definition) is 1. The molecule has 1 rings (SSSR count). The third kappa shape index (κ3) is 3.00. The quantitative estimate of drug-likeness (QED) is 0.778. The first-order valence-electron chi connectivity index (χ1n) is 4.75. The fourth-order valence-corrected chi connectivity index (χ4v) is 2.17. The van der Waals surface area contributed by atoms with E-state index in [2.05, 4.69) is 13.8 Å². The lowest BCUT2D eigenvalue weighted by Crippen LogP contribution is -2.02. The van der Waals surface area contributed by atoms with Crippen LogP contribution in [-0.4, -0.2) is 5.75 Å². The fraction of sp³-hybridized carbons (Fsp3) is 0.455. The second kappa shape index (κ2) is 5.37. The van der Waals surface area contributed by atoms with E-state index >= 15 is 0 Å². The van der Waals surface area contributed by atoms with E-state index in [0.29, 0.717) is 11.5 Å². The van der Waals surface area contributed by atoms with E-state index in [4.69, 9.17) is 5.73 Å². The Kier molecular flexibility index (Phi) is 4.42. The van der Waals surface area contributed by atoms with Crippen LogP contribution in [0.4, 0.5) is 4.39 Å². The van der Waals surface area contributed by atoms with Crippen LogP contribution in [0.2, 0.25) is 0 Å². The fourth-order valence-electron chi connectivity index (χ4n) is 1.13. The predicted octanol–water partition coefficient (Wildman–Crippen LogP) is 3.03. The van der Waals surface area contributed by atoms with Crippen LogP contribution in [-0.2, 0) is 6.54 Å². The molecule has 3 heteroatoms. The van der Waals surface area contributed by atoms with Gasteiger partial charge in [-0.2, -0.15) is 0 Å². The first-order chi connectivity index (χ1) is 6.65. The number of hydrogen-bond acceptors (Lipinski definition) is 2. The summed E-state index contributed by atoms with van der Waals surface area (Å²) < 4.78 is 13.3. The number of thioether (sulfide) groups is 1. The van der Waals surface area contributed by atoms with Crippen LogP contribution in [0.15, 0.2) is 23.1 Å². The summed E-state index contributed by atoms with van der Waals surface area (Å²) in [4.78, 5) is 0.973. The molecule has 0 spiro atoms. The van der Waals surface area contributed by atoms with Gasteiger partial charge in [-0.1, -0.05) is 19.9 Å². The van der Waals surface area contributed by atoms with Gasteiger partial charge >= 0.3 is 0 Å². The highest BCUT2D eigenvalue weighted by Crippen LogP contribution is 2.26. The van der Waals surface area contributed by atoms with Crippen LogP contribution < -0.4 is 5.73 Å². The van der Waals surface area contributed by atoms with Gasteiger partial charge in [0.1, 0.15) is 5.82 Å². The lowest BCUT2D eigenvalue weighted by molar-refractivity contribution is 0.604. The van der Waals surface area contributed by atoms with Crippen molar-refractivity contribution in [2.24, 2.45) is 11.7 Å². The zero-order valence-electron chi connectivity index (χ0n) is 8.59. The molecule has 0 aromatic heterocycles. The molecule has 0 atom stereocenters. The van der Waals surface area contributed by atoms with Gasteiger partial charge in [0.05, 0.1) is 0 Å². The lowest BCUT2D eigenvalue weighted by Gasteiger charge is -2.09. The van der Waals surface area contributed by atoms with Gasteiger partial charge in [-0.3, -0.25) is 0 Å². The van der Waals surface area contributed by atoms with E-state index in [1.54, 1.807) is 17.8 Å². The number of benzene rings is 1. The number of nitrogens with two attached hydrogens (primary N) is 1. The van der Waals surface area contributed by atoms with Gasteiger partial charge in [0.25, 0.3) is 0 Å². The highest BCUT2D eigenvalue weighted by atomic mass is 32.2. The van der Waals surface area contributed by atoms with Crippen LogP contribution in [0.3, 0.4) is 0 Å². The summed E-state index contributed by atoms with van der Waals surface area (Å²) in [5, 5.41) is 0. The summed E-state index contributed by atoms with van der Waals surface area (Å²) in [6.07, 6.45) is 0. The molecule has 0 bridgehead atoms. The van der Waals surface area contributed by atoms with E-state index in [0.717, 1.165) is 10.6 Å². The normalized spacial score (nSPS) is 10.9. The molecule has 0 heterocycles. The van der Waals surface area contributed by atoms with E-state index in [9.17, 15) is 4.39 Å². The topological polar surface area (TPSA) is 26.0 Å². The van der Waals surface area contributed by atoms with Gasteiger partial charge in [-0.15, -0.1) is 11.8 Å². The Morgan fingerprint density at radius 3 is 2.71 bits per heavy atom. The van der Waals surface area contributed by atoms with E-state index in [1.165, 1.54) is 6.07 Å². The molecule has 2 N–H and O–H groups in total. The lowest BCUT2D eigenvalue weighted by atomic mass is 10.2. The summed E-state index contributed by atoms with van der Waals surface area (Å²) in [5.74, 6) is 1.41. The van der Waals surface area contributed by atoms with Crippen molar-refractivity contribution in [3.63, 3.8) is 0 Å². The zero-order chi connectivity index (χ0) is 10.6.